The van der Waals surface area contributed by atoms with E-state index in [9.17, 15) is 5.11 Å². The van der Waals surface area contributed by atoms with Crippen molar-refractivity contribution in [1.29, 1.82) is 0 Å². The Morgan fingerprint density at radius 3 is 2.44 bits per heavy atom. The SMILES string of the molecule is OCC[C@H]1CN(C/C(Cl)=C/c2ccccc2)CCN1CCc1ccccc1. The molecule has 3 nitrogen and oxygen atoms in total. The molecule has 1 aliphatic heterocycles. The molecule has 1 heterocycles. The lowest BCUT2D eigenvalue weighted by Gasteiger charge is -2.41. The summed E-state index contributed by atoms with van der Waals surface area (Å²) < 4.78 is 0. The Morgan fingerprint density at radius 2 is 1.74 bits per heavy atom. The molecule has 0 unspecified atom stereocenters. The second-order valence-electron chi connectivity index (χ2n) is 7.17. The Hall–Kier alpha value is -1.65. The van der Waals surface area contributed by atoms with Gasteiger partial charge in [0.05, 0.1) is 0 Å². The van der Waals surface area contributed by atoms with Gasteiger partial charge in [0.15, 0.2) is 0 Å². The van der Waals surface area contributed by atoms with Crippen molar-refractivity contribution in [1.82, 2.24) is 9.80 Å². The highest BCUT2D eigenvalue weighted by atomic mass is 35.5. The summed E-state index contributed by atoms with van der Waals surface area (Å²) in [5.41, 5.74) is 2.51. The third-order valence-electron chi connectivity index (χ3n) is 5.18. The molecule has 1 fully saturated rings. The van der Waals surface area contributed by atoms with Crippen LogP contribution in [-0.4, -0.2) is 60.3 Å². The van der Waals surface area contributed by atoms with Gasteiger partial charge < -0.3 is 5.11 Å². The van der Waals surface area contributed by atoms with Crippen LogP contribution in [0, 0.1) is 0 Å². The highest BCUT2D eigenvalue weighted by Crippen LogP contribution is 2.18. The van der Waals surface area contributed by atoms with Crippen molar-refractivity contribution in [2.75, 3.05) is 39.3 Å². The van der Waals surface area contributed by atoms with Gasteiger partial charge >= 0.3 is 0 Å². The number of aliphatic hydroxyl groups is 1. The van der Waals surface area contributed by atoms with E-state index in [-0.39, 0.29) is 6.61 Å². The number of benzene rings is 2. The average Bonchev–Trinajstić information content (AvgIpc) is 2.69. The van der Waals surface area contributed by atoms with E-state index in [1.54, 1.807) is 0 Å². The molecular weight excluding hydrogens is 356 g/mol. The monoisotopic (exact) mass is 384 g/mol. The van der Waals surface area contributed by atoms with E-state index in [1.807, 2.05) is 24.3 Å². The van der Waals surface area contributed by atoms with Crippen LogP contribution in [0.5, 0.6) is 0 Å². The van der Waals surface area contributed by atoms with Crippen LogP contribution in [0.1, 0.15) is 17.5 Å². The first-order valence-electron chi connectivity index (χ1n) is 9.77. The fourth-order valence-corrected chi connectivity index (χ4v) is 4.02. The third-order valence-corrected chi connectivity index (χ3v) is 5.41. The summed E-state index contributed by atoms with van der Waals surface area (Å²) >= 11 is 6.51. The van der Waals surface area contributed by atoms with Crippen LogP contribution in [-0.2, 0) is 6.42 Å². The molecule has 27 heavy (non-hydrogen) atoms. The molecule has 0 radical (unpaired) electrons. The molecule has 0 saturated carbocycles. The Balaban J connectivity index is 1.54. The Labute approximate surface area is 167 Å². The van der Waals surface area contributed by atoms with E-state index in [1.165, 1.54) is 5.56 Å². The van der Waals surface area contributed by atoms with Gasteiger partial charge in [-0.25, -0.2) is 0 Å². The van der Waals surface area contributed by atoms with E-state index in [0.29, 0.717) is 6.04 Å². The molecule has 0 spiro atoms. The van der Waals surface area contributed by atoms with Crippen molar-refractivity contribution in [3.05, 3.63) is 76.8 Å². The molecule has 1 saturated heterocycles. The Bertz CT molecular complexity index is 705. The number of hydrogen-bond donors (Lipinski definition) is 1. The summed E-state index contributed by atoms with van der Waals surface area (Å²) in [7, 11) is 0. The molecule has 0 amide bonds. The van der Waals surface area contributed by atoms with E-state index in [4.69, 9.17) is 11.6 Å². The van der Waals surface area contributed by atoms with Gasteiger partial charge in [-0.3, -0.25) is 9.80 Å². The van der Waals surface area contributed by atoms with Gasteiger partial charge in [-0.15, -0.1) is 0 Å². The highest BCUT2D eigenvalue weighted by molar-refractivity contribution is 6.31. The normalized spacial score (nSPS) is 19.3. The molecule has 1 aliphatic rings. The first kappa shape index (κ1) is 20.1. The van der Waals surface area contributed by atoms with Gasteiger partial charge in [-0.2, -0.15) is 0 Å². The maximum atomic E-state index is 9.50. The van der Waals surface area contributed by atoms with Crippen molar-refractivity contribution >= 4 is 17.7 Å². The van der Waals surface area contributed by atoms with Crippen molar-refractivity contribution in [2.45, 2.75) is 18.9 Å². The van der Waals surface area contributed by atoms with Crippen LogP contribution in [0.4, 0.5) is 0 Å². The molecule has 0 aliphatic carbocycles. The first-order valence-corrected chi connectivity index (χ1v) is 10.1. The number of hydrogen-bond acceptors (Lipinski definition) is 3. The number of aliphatic hydroxyl groups excluding tert-OH is 1. The van der Waals surface area contributed by atoms with Crippen LogP contribution in [0.15, 0.2) is 65.7 Å². The zero-order chi connectivity index (χ0) is 18.9. The van der Waals surface area contributed by atoms with E-state index < -0.39 is 0 Å². The lowest BCUT2D eigenvalue weighted by molar-refractivity contribution is 0.0658. The zero-order valence-electron chi connectivity index (χ0n) is 15.8. The fourth-order valence-electron chi connectivity index (χ4n) is 3.72. The minimum Gasteiger partial charge on any atom is -0.396 e. The summed E-state index contributed by atoms with van der Waals surface area (Å²) in [6, 6.07) is 21.2. The summed E-state index contributed by atoms with van der Waals surface area (Å²) in [5, 5.41) is 10.4. The smallest absolute Gasteiger partial charge is 0.0446 e. The van der Waals surface area contributed by atoms with E-state index >= 15 is 0 Å². The van der Waals surface area contributed by atoms with Crippen LogP contribution in [0.3, 0.4) is 0 Å². The van der Waals surface area contributed by atoms with Crippen molar-refractivity contribution in [3.8, 4) is 0 Å². The summed E-state index contributed by atoms with van der Waals surface area (Å²) in [6.45, 7) is 5.02. The van der Waals surface area contributed by atoms with Crippen LogP contribution in [0.25, 0.3) is 6.08 Å². The summed E-state index contributed by atoms with van der Waals surface area (Å²) in [6.07, 6.45) is 3.91. The Kier molecular flexibility index (Phi) is 7.91. The molecule has 3 rings (SSSR count). The largest absolute Gasteiger partial charge is 0.396 e. The van der Waals surface area contributed by atoms with E-state index in [0.717, 1.165) is 56.2 Å². The number of halogens is 1. The van der Waals surface area contributed by atoms with Gasteiger partial charge in [0.25, 0.3) is 0 Å². The summed E-state index contributed by atoms with van der Waals surface area (Å²) in [5.74, 6) is 0. The maximum Gasteiger partial charge on any atom is 0.0446 e. The minimum absolute atomic E-state index is 0.230. The number of nitrogens with zero attached hydrogens (tertiary/aromatic N) is 2. The molecule has 1 N–H and O–H groups in total. The third kappa shape index (κ3) is 6.47. The first-order chi connectivity index (χ1) is 13.2. The second kappa shape index (κ2) is 10.6. The van der Waals surface area contributed by atoms with Crippen LogP contribution in [0.2, 0.25) is 0 Å². The lowest BCUT2D eigenvalue weighted by atomic mass is 10.1. The maximum absolute atomic E-state index is 9.50. The quantitative estimate of drug-likeness (QED) is 0.748. The van der Waals surface area contributed by atoms with Gasteiger partial charge in [-0.1, -0.05) is 72.3 Å². The molecule has 2 aromatic carbocycles. The van der Waals surface area contributed by atoms with Crippen molar-refractivity contribution < 1.29 is 5.11 Å². The predicted octanol–water partition coefficient (Wildman–Crippen LogP) is 3.88. The number of rotatable bonds is 8. The molecule has 2 aromatic rings. The molecule has 144 valence electrons. The van der Waals surface area contributed by atoms with Gasteiger partial charge in [-0.05, 0) is 30.0 Å². The fraction of sp³-hybridized carbons (Fsp3) is 0.391. The van der Waals surface area contributed by atoms with Gasteiger partial charge in [0.1, 0.15) is 0 Å². The highest BCUT2D eigenvalue weighted by Gasteiger charge is 2.26. The number of piperazine rings is 1. The molecule has 0 bridgehead atoms. The second-order valence-corrected chi connectivity index (χ2v) is 7.66. The lowest BCUT2D eigenvalue weighted by Crippen LogP contribution is -2.54. The van der Waals surface area contributed by atoms with Gasteiger partial charge in [0.2, 0.25) is 0 Å². The van der Waals surface area contributed by atoms with E-state index in [2.05, 4.69) is 52.3 Å². The molecule has 0 aromatic heterocycles. The van der Waals surface area contributed by atoms with Crippen molar-refractivity contribution in [3.63, 3.8) is 0 Å². The average molecular weight is 385 g/mol. The topological polar surface area (TPSA) is 26.7 Å². The van der Waals surface area contributed by atoms with Crippen LogP contribution < -0.4 is 0 Å². The standard InChI is InChI=1S/C23H29ClN2O/c24-22(17-21-9-5-2-6-10-21)18-25-14-15-26(23(19-25)12-16-27)13-11-20-7-3-1-4-8-20/h1-10,17,23,27H,11-16,18-19H2/b22-17-/t23-/m0/s1. The minimum atomic E-state index is 0.230. The van der Waals surface area contributed by atoms with Crippen molar-refractivity contribution in [2.24, 2.45) is 0 Å². The molecule has 4 heteroatoms. The zero-order valence-corrected chi connectivity index (χ0v) is 16.6. The predicted molar refractivity (Wildman–Crippen MR) is 114 cm³/mol. The van der Waals surface area contributed by atoms with Crippen LogP contribution >= 0.6 is 11.6 Å². The molecule has 1 atom stereocenters. The van der Waals surface area contributed by atoms with Gasteiger partial charge in [0, 0.05) is 50.4 Å². The Morgan fingerprint density at radius 1 is 1.04 bits per heavy atom. The molecular formula is C23H29ClN2O. The summed E-state index contributed by atoms with van der Waals surface area (Å²) in [4.78, 5) is 4.93.